The Morgan fingerprint density at radius 2 is 1.75 bits per heavy atom. The maximum atomic E-state index is 12.0. The second-order valence-electron chi connectivity index (χ2n) is 7.39. The number of hydrogen-bond acceptors (Lipinski definition) is 3. The summed E-state index contributed by atoms with van der Waals surface area (Å²) in [6.07, 6.45) is 1.74. The monoisotopic (exact) mass is 332 g/mol. The van der Waals surface area contributed by atoms with Crippen molar-refractivity contribution in [2.75, 3.05) is 0 Å². The van der Waals surface area contributed by atoms with Crippen LogP contribution in [0.2, 0.25) is 0 Å². The standard InChI is InChI=1S/C18H20O6/c1-17-6-3-7-18(2,16(23)24)13(17)12(15(21)22)10-5-4-9(14(19)20)8-11(10)17/h4-5,8,12-13H,3,6-7H2,1-2H3,(H,19,20)(H,21,22)(H,23,24)/t12-,13+,17-,18+/m0/s1. The Labute approximate surface area is 139 Å². The molecule has 0 unspecified atom stereocenters. The fraction of sp³-hybridized carbons (Fsp3) is 0.500. The van der Waals surface area contributed by atoms with E-state index in [1.165, 1.54) is 12.1 Å². The van der Waals surface area contributed by atoms with Crippen LogP contribution in [0.5, 0.6) is 0 Å². The van der Waals surface area contributed by atoms with Gasteiger partial charge < -0.3 is 15.3 Å². The van der Waals surface area contributed by atoms with Crippen LogP contribution in [0, 0.1) is 11.3 Å². The molecule has 0 spiro atoms. The molecule has 3 rings (SSSR count). The van der Waals surface area contributed by atoms with E-state index in [2.05, 4.69) is 0 Å². The number of rotatable bonds is 3. The van der Waals surface area contributed by atoms with E-state index in [1.54, 1.807) is 13.0 Å². The van der Waals surface area contributed by atoms with Crippen molar-refractivity contribution in [3.63, 3.8) is 0 Å². The molecule has 1 aromatic rings. The number of hydrogen-bond donors (Lipinski definition) is 3. The Kier molecular flexibility index (Phi) is 3.48. The molecular weight excluding hydrogens is 312 g/mol. The average molecular weight is 332 g/mol. The molecule has 3 N–H and O–H groups in total. The lowest BCUT2D eigenvalue weighted by Gasteiger charge is -2.48. The Morgan fingerprint density at radius 3 is 2.29 bits per heavy atom. The van der Waals surface area contributed by atoms with Gasteiger partial charge in [0.1, 0.15) is 0 Å². The van der Waals surface area contributed by atoms with Gasteiger partial charge in [-0.1, -0.05) is 19.4 Å². The molecule has 0 bridgehead atoms. The molecule has 1 aromatic carbocycles. The van der Waals surface area contributed by atoms with Crippen LogP contribution in [-0.2, 0) is 15.0 Å². The van der Waals surface area contributed by atoms with Crippen LogP contribution in [0.25, 0.3) is 0 Å². The lowest BCUT2D eigenvalue weighted by Crippen LogP contribution is -2.50. The van der Waals surface area contributed by atoms with E-state index in [1.807, 2.05) is 6.92 Å². The van der Waals surface area contributed by atoms with Crippen molar-refractivity contribution in [1.82, 2.24) is 0 Å². The minimum absolute atomic E-state index is 0.0994. The number of benzene rings is 1. The van der Waals surface area contributed by atoms with Gasteiger partial charge in [-0.3, -0.25) is 9.59 Å². The molecular formula is C18H20O6. The largest absolute Gasteiger partial charge is 0.481 e. The first-order valence-corrected chi connectivity index (χ1v) is 7.97. The van der Waals surface area contributed by atoms with Crippen molar-refractivity contribution in [2.24, 2.45) is 11.3 Å². The Morgan fingerprint density at radius 1 is 1.08 bits per heavy atom. The van der Waals surface area contributed by atoms with Crippen LogP contribution in [-0.4, -0.2) is 33.2 Å². The quantitative estimate of drug-likeness (QED) is 0.784. The van der Waals surface area contributed by atoms with Gasteiger partial charge in [0, 0.05) is 5.92 Å². The fourth-order valence-electron chi connectivity index (χ4n) is 5.03. The third kappa shape index (κ3) is 1.98. The van der Waals surface area contributed by atoms with Gasteiger partial charge >= 0.3 is 17.9 Å². The highest BCUT2D eigenvalue weighted by molar-refractivity contribution is 5.89. The zero-order chi connectivity index (χ0) is 17.9. The summed E-state index contributed by atoms with van der Waals surface area (Å²) in [6, 6.07) is 4.47. The van der Waals surface area contributed by atoms with Crippen LogP contribution >= 0.6 is 0 Å². The van der Waals surface area contributed by atoms with Crippen LogP contribution < -0.4 is 0 Å². The SMILES string of the molecule is C[C@@]1(C(=O)O)CCC[C@@]2(C)c3cc(C(=O)O)ccc3[C@H](C(=O)O)[C@@H]12. The first kappa shape index (κ1) is 16.5. The van der Waals surface area contributed by atoms with Crippen molar-refractivity contribution in [3.05, 3.63) is 34.9 Å². The molecule has 0 saturated heterocycles. The lowest BCUT2D eigenvalue weighted by molar-refractivity contribution is -0.160. The number of carboxylic acids is 3. The van der Waals surface area contributed by atoms with Crippen molar-refractivity contribution in [1.29, 1.82) is 0 Å². The minimum Gasteiger partial charge on any atom is -0.481 e. The number of fused-ring (bicyclic) bond motifs is 3. The third-order valence-electron chi connectivity index (χ3n) is 6.10. The van der Waals surface area contributed by atoms with E-state index < -0.39 is 40.6 Å². The summed E-state index contributed by atoms with van der Waals surface area (Å²) in [5, 5.41) is 28.8. The second-order valence-corrected chi connectivity index (χ2v) is 7.39. The zero-order valence-corrected chi connectivity index (χ0v) is 13.6. The van der Waals surface area contributed by atoms with Crippen molar-refractivity contribution in [2.45, 2.75) is 44.4 Å². The molecule has 1 saturated carbocycles. The molecule has 24 heavy (non-hydrogen) atoms. The van der Waals surface area contributed by atoms with E-state index in [0.717, 1.165) is 0 Å². The van der Waals surface area contributed by atoms with Gasteiger partial charge in [-0.05, 0) is 48.4 Å². The Balaban J connectivity index is 2.27. The van der Waals surface area contributed by atoms with Gasteiger partial charge in [0.2, 0.25) is 0 Å². The average Bonchev–Trinajstić information content (AvgIpc) is 2.77. The van der Waals surface area contributed by atoms with Crippen LogP contribution in [0.3, 0.4) is 0 Å². The second kappa shape index (κ2) is 5.06. The third-order valence-corrected chi connectivity index (χ3v) is 6.10. The van der Waals surface area contributed by atoms with Crippen molar-refractivity contribution in [3.8, 4) is 0 Å². The van der Waals surface area contributed by atoms with Gasteiger partial charge in [0.15, 0.2) is 0 Å². The molecule has 0 aromatic heterocycles. The first-order chi connectivity index (χ1) is 11.1. The number of carbonyl (C=O) groups is 3. The highest BCUT2D eigenvalue weighted by Gasteiger charge is 2.63. The summed E-state index contributed by atoms with van der Waals surface area (Å²) >= 11 is 0. The fourth-order valence-corrected chi connectivity index (χ4v) is 5.03. The zero-order valence-electron chi connectivity index (χ0n) is 13.6. The maximum absolute atomic E-state index is 12.0. The summed E-state index contributed by atoms with van der Waals surface area (Å²) in [6.45, 7) is 3.50. The van der Waals surface area contributed by atoms with Crippen LogP contribution in [0.15, 0.2) is 18.2 Å². The van der Waals surface area contributed by atoms with E-state index in [4.69, 9.17) is 0 Å². The summed E-state index contributed by atoms with van der Waals surface area (Å²) < 4.78 is 0. The summed E-state index contributed by atoms with van der Waals surface area (Å²) in [5.41, 5.74) is -0.489. The van der Waals surface area contributed by atoms with E-state index in [9.17, 15) is 29.7 Å². The van der Waals surface area contributed by atoms with Crippen LogP contribution in [0.4, 0.5) is 0 Å². The van der Waals surface area contributed by atoms with Gasteiger partial charge in [0.05, 0.1) is 16.9 Å². The predicted molar refractivity (Wildman–Crippen MR) is 84.2 cm³/mol. The normalized spacial score (nSPS) is 34.2. The van der Waals surface area contributed by atoms with E-state index >= 15 is 0 Å². The highest BCUT2D eigenvalue weighted by atomic mass is 16.4. The number of aromatic carboxylic acids is 1. The molecule has 0 aliphatic heterocycles. The minimum atomic E-state index is -1.15. The highest BCUT2D eigenvalue weighted by Crippen LogP contribution is 2.63. The molecule has 128 valence electrons. The van der Waals surface area contributed by atoms with Crippen molar-refractivity contribution < 1.29 is 29.7 Å². The van der Waals surface area contributed by atoms with E-state index in [-0.39, 0.29) is 5.56 Å². The molecule has 6 nitrogen and oxygen atoms in total. The first-order valence-electron chi connectivity index (χ1n) is 7.97. The number of aliphatic carboxylic acids is 2. The van der Waals surface area contributed by atoms with Gasteiger partial charge in [-0.15, -0.1) is 0 Å². The molecule has 2 aliphatic carbocycles. The molecule has 0 amide bonds. The topological polar surface area (TPSA) is 112 Å². The Hall–Kier alpha value is -2.37. The van der Waals surface area contributed by atoms with E-state index in [0.29, 0.717) is 30.4 Å². The Bertz CT molecular complexity index is 754. The predicted octanol–water partition coefficient (Wildman–Crippen LogP) is 2.72. The summed E-state index contributed by atoms with van der Waals surface area (Å²) in [5.74, 6) is -4.66. The van der Waals surface area contributed by atoms with Crippen molar-refractivity contribution >= 4 is 17.9 Å². The van der Waals surface area contributed by atoms with Gasteiger partial charge in [-0.2, -0.15) is 0 Å². The van der Waals surface area contributed by atoms with Gasteiger partial charge in [0.25, 0.3) is 0 Å². The molecule has 4 atom stereocenters. The molecule has 6 heteroatoms. The summed E-state index contributed by atoms with van der Waals surface area (Å²) in [7, 11) is 0. The molecule has 0 radical (unpaired) electrons. The summed E-state index contributed by atoms with van der Waals surface area (Å²) in [4.78, 5) is 35.3. The number of carboxylic acid groups (broad SMARTS) is 3. The maximum Gasteiger partial charge on any atom is 0.335 e. The smallest absolute Gasteiger partial charge is 0.335 e. The van der Waals surface area contributed by atoms with Gasteiger partial charge in [-0.25, -0.2) is 4.79 Å². The lowest BCUT2D eigenvalue weighted by atomic mass is 9.54. The molecule has 0 heterocycles. The van der Waals surface area contributed by atoms with Crippen LogP contribution in [0.1, 0.15) is 60.5 Å². The molecule has 2 aliphatic rings. The molecule has 1 fully saturated rings.